The predicted octanol–water partition coefficient (Wildman–Crippen LogP) is 5.43. The van der Waals surface area contributed by atoms with Gasteiger partial charge in [-0.15, -0.1) is 0 Å². The molecule has 0 atom stereocenters. The van der Waals surface area contributed by atoms with Crippen molar-refractivity contribution < 1.29 is 4.79 Å². The zero-order valence-electron chi connectivity index (χ0n) is 16.9. The fraction of sp³-hybridized carbons (Fsp3) is 0.409. The summed E-state index contributed by atoms with van der Waals surface area (Å²) in [6, 6.07) is 16.2. The van der Waals surface area contributed by atoms with Gasteiger partial charge in [0, 0.05) is 12.2 Å². The molecule has 0 bridgehead atoms. The van der Waals surface area contributed by atoms with Gasteiger partial charge in [0.25, 0.3) is 0 Å². The molecule has 0 aliphatic heterocycles. The quantitative estimate of drug-likeness (QED) is 0.786. The van der Waals surface area contributed by atoms with Crippen molar-refractivity contribution >= 4 is 11.6 Å². The SMILES string of the molecule is CC.CC.Cc1ccc(CN(C)CC(=O)Nc2ccc(C)cc2)cc1. The lowest BCUT2D eigenvalue weighted by Crippen LogP contribution is -2.29. The van der Waals surface area contributed by atoms with E-state index in [-0.39, 0.29) is 5.91 Å². The van der Waals surface area contributed by atoms with Gasteiger partial charge < -0.3 is 5.32 Å². The monoisotopic (exact) mass is 342 g/mol. The van der Waals surface area contributed by atoms with Crippen LogP contribution in [0.1, 0.15) is 44.4 Å². The molecule has 3 heteroatoms. The summed E-state index contributed by atoms with van der Waals surface area (Å²) in [6.07, 6.45) is 0. The summed E-state index contributed by atoms with van der Waals surface area (Å²) in [4.78, 5) is 14.0. The van der Waals surface area contributed by atoms with Gasteiger partial charge in [0.05, 0.1) is 6.54 Å². The molecule has 0 aliphatic rings. The zero-order valence-corrected chi connectivity index (χ0v) is 16.9. The third-order valence-electron chi connectivity index (χ3n) is 3.32. The number of anilines is 1. The van der Waals surface area contributed by atoms with Crippen molar-refractivity contribution in [1.82, 2.24) is 4.90 Å². The molecule has 0 spiro atoms. The molecule has 0 heterocycles. The fourth-order valence-corrected chi connectivity index (χ4v) is 2.14. The minimum atomic E-state index is 0.00784. The first-order chi connectivity index (χ1) is 12.0. The van der Waals surface area contributed by atoms with Crippen molar-refractivity contribution in [2.45, 2.75) is 48.1 Å². The average Bonchev–Trinajstić information content (AvgIpc) is 2.62. The van der Waals surface area contributed by atoms with E-state index in [2.05, 4.69) is 36.5 Å². The van der Waals surface area contributed by atoms with Gasteiger partial charge in [0.2, 0.25) is 5.91 Å². The largest absolute Gasteiger partial charge is 0.325 e. The summed E-state index contributed by atoms with van der Waals surface area (Å²) in [5.74, 6) is 0.00784. The first kappa shape index (κ1) is 22.9. The fourth-order valence-electron chi connectivity index (χ4n) is 2.14. The maximum absolute atomic E-state index is 12.0. The molecule has 2 aromatic rings. The van der Waals surface area contributed by atoms with E-state index >= 15 is 0 Å². The van der Waals surface area contributed by atoms with E-state index in [0.29, 0.717) is 6.54 Å². The second kappa shape index (κ2) is 13.2. The zero-order chi connectivity index (χ0) is 19.2. The second-order valence-electron chi connectivity index (χ2n) is 5.57. The lowest BCUT2D eigenvalue weighted by atomic mass is 10.1. The Morgan fingerprint density at radius 2 is 1.28 bits per heavy atom. The molecule has 25 heavy (non-hydrogen) atoms. The van der Waals surface area contributed by atoms with Crippen molar-refractivity contribution in [3.8, 4) is 0 Å². The molecule has 2 aromatic carbocycles. The summed E-state index contributed by atoms with van der Waals surface area (Å²) < 4.78 is 0. The lowest BCUT2D eigenvalue weighted by Gasteiger charge is -2.16. The number of carbonyl (C=O) groups is 1. The first-order valence-electron chi connectivity index (χ1n) is 9.13. The highest BCUT2D eigenvalue weighted by atomic mass is 16.2. The summed E-state index contributed by atoms with van der Waals surface area (Å²) in [7, 11) is 1.95. The van der Waals surface area contributed by atoms with Crippen LogP contribution in [0.3, 0.4) is 0 Å². The number of rotatable bonds is 5. The molecule has 0 aromatic heterocycles. The van der Waals surface area contributed by atoms with E-state index in [9.17, 15) is 4.79 Å². The number of nitrogens with one attached hydrogen (secondary N) is 1. The number of nitrogens with zero attached hydrogens (tertiary/aromatic N) is 1. The van der Waals surface area contributed by atoms with E-state index in [0.717, 1.165) is 12.2 Å². The molecule has 0 fully saturated rings. The van der Waals surface area contributed by atoms with Crippen molar-refractivity contribution in [2.75, 3.05) is 18.9 Å². The Labute approximate surface area is 154 Å². The van der Waals surface area contributed by atoms with Crippen LogP contribution in [0.25, 0.3) is 0 Å². The maximum atomic E-state index is 12.0. The average molecular weight is 343 g/mol. The number of benzene rings is 2. The van der Waals surface area contributed by atoms with E-state index in [1.54, 1.807) is 0 Å². The molecule has 3 nitrogen and oxygen atoms in total. The van der Waals surface area contributed by atoms with Gasteiger partial charge in [-0.2, -0.15) is 0 Å². The van der Waals surface area contributed by atoms with Crippen LogP contribution in [-0.4, -0.2) is 24.4 Å². The highest BCUT2D eigenvalue weighted by Gasteiger charge is 2.07. The Balaban J connectivity index is 0.00000134. The number of amides is 1. The number of hydrogen-bond acceptors (Lipinski definition) is 2. The Kier molecular flexibility index (Phi) is 12.1. The van der Waals surface area contributed by atoms with Crippen LogP contribution in [0.4, 0.5) is 5.69 Å². The molecule has 1 amide bonds. The van der Waals surface area contributed by atoms with E-state index in [1.807, 2.05) is 70.8 Å². The van der Waals surface area contributed by atoms with E-state index < -0.39 is 0 Å². The van der Waals surface area contributed by atoms with Gasteiger partial charge in [0.1, 0.15) is 0 Å². The Hall–Kier alpha value is -2.13. The molecular weight excluding hydrogens is 308 g/mol. The molecule has 0 saturated carbocycles. The van der Waals surface area contributed by atoms with Gasteiger partial charge in [0.15, 0.2) is 0 Å². The second-order valence-corrected chi connectivity index (χ2v) is 5.57. The molecular formula is C22H34N2O. The van der Waals surface area contributed by atoms with Crippen LogP contribution in [0, 0.1) is 13.8 Å². The topological polar surface area (TPSA) is 32.3 Å². The van der Waals surface area contributed by atoms with Crippen molar-refractivity contribution in [2.24, 2.45) is 0 Å². The third-order valence-corrected chi connectivity index (χ3v) is 3.32. The molecule has 0 saturated heterocycles. The molecule has 0 radical (unpaired) electrons. The van der Waals surface area contributed by atoms with Crippen LogP contribution >= 0.6 is 0 Å². The van der Waals surface area contributed by atoms with E-state index in [1.165, 1.54) is 16.7 Å². The first-order valence-corrected chi connectivity index (χ1v) is 9.13. The van der Waals surface area contributed by atoms with Crippen LogP contribution in [0.2, 0.25) is 0 Å². The third kappa shape index (κ3) is 9.68. The van der Waals surface area contributed by atoms with Gasteiger partial charge in [-0.1, -0.05) is 75.2 Å². The van der Waals surface area contributed by atoms with Crippen LogP contribution in [0.5, 0.6) is 0 Å². The summed E-state index contributed by atoms with van der Waals surface area (Å²) >= 11 is 0. The maximum Gasteiger partial charge on any atom is 0.238 e. The van der Waals surface area contributed by atoms with Gasteiger partial charge in [-0.05, 0) is 38.6 Å². The van der Waals surface area contributed by atoms with Crippen LogP contribution in [-0.2, 0) is 11.3 Å². The van der Waals surface area contributed by atoms with Crippen molar-refractivity contribution in [3.63, 3.8) is 0 Å². The number of likely N-dealkylation sites (N-methyl/N-ethyl adjacent to an activating group) is 1. The minimum Gasteiger partial charge on any atom is -0.325 e. The lowest BCUT2D eigenvalue weighted by molar-refractivity contribution is -0.117. The van der Waals surface area contributed by atoms with Crippen LogP contribution < -0.4 is 5.32 Å². The highest BCUT2D eigenvalue weighted by molar-refractivity contribution is 5.92. The van der Waals surface area contributed by atoms with Gasteiger partial charge >= 0.3 is 0 Å². The smallest absolute Gasteiger partial charge is 0.238 e. The molecule has 138 valence electrons. The standard InChI is InChI=1S/C18H22N2O.2C2H6/c1-14-4-8-16(9-5-14)12-20(3)13-18(21)19-17-10-6-15(2)7-11-17;2*1-2/h4-11H,12-13H2,1-3H3,(H,19,21);2*1-2H3. The minimum absolute atomic E-state index is 0.00784. The molecule has 1 N–H and O–H groups in total. The predicted molar refractivity (Wildman–Crippen MR) is 110 cm³/mol. The molecule has 0 aliphatic carbocycles. The number of aryl methyl sites for hydroxylation is 2. The normalized spacial score (nSPS) is 9.44. The van der Waals surface area contributed by atoms with Gasteiger partial charge in [-0.3, -0.25) is 9.69 Å². The highest BCUT2D eigenvalue weighted by Crippen LogP contribution is 2.09. The Bertz CT molecular complexity index is 588. The Morgan fingerprint density at radius 1 is 0.840 bits per heavy atom. The summed E-state index contributed by atoms with van der Waals surface area (Å²) in [6.45, 7) is 13.2. The van der Waals surface area contributed by atoms with E-state index in [4.69, 9.17) is 0 Å². The number of carbonyl (C=O) groups excluding carboxylic acids is 1. The van der Waals surface area contributed by atoms with Crippen molar-refractivity contribution in [3.05, 3.63) is 65.2 Å². The Morgan fingerprint density at radius 3 is 1.76 bits per heavy atom. The summed E-state index contributed by atoms with van der Waals surface area (Å²) in [5.41, 5.74) is 4.49. The summed E-state index contributed by atoms with van der Waals surface area (Å²) in [5, 5.41) is 2.91. The number of hydrogen-bond donors (Lipinski definition) is 1. The van der Waals surface area contributed by atoms with Gasteiger partial charge in [-0.25, -0.2) is 0 Å². The molecule has 0 unspecified atom stereocenters. The van der Waals surface area contributed by atoms with Crippen molar-refractivity contribution in [1.29, 1.82) is 0 Å². The van der Waals surface area contributed by atoms with Crippen LogP contribution in [0.15, 0.2) is 48.5 Å². The molecule has 2 rings (SSSR count).